The normalized spacial score (nSPS) is 11.6. The molecule has 1 heterocycles. The Morgan fingerprint density at radius 2 is 1.93 bits per heavy atom. The van der Waals surface area contributed by atoms with Gasteiger partial charge in [0.15, 0.2) is 0 Å². The number of nitrogens with one attached hydrogen (secondary N) is 1. The molecule has 1 unspecified atom stereocenters. The van der Waals surface area contributed by atoms with Gasteiger partial charge in [0.1, 0.15) is 11.3 Å². The summed E-state index contributed by atoms with van der Waals surface area (Å²) in [5.74, 6) is 0.469. The summed E-state index contributed by atoms with van der Waals surface area (Å²) in [6.45, 7) is 2.21. The van der Waals surface area contributed by atoms with Crippen LogP contribution < -0.4 is 21.4 Å². The number of rotatable bonds is 7. The third-order valence-electron chi connectivity index (χ3n) is 4.84. The number of benzene rings is 2. The number of hydrogen-bond acceptors (Lipinski definition) is 5. The highest BCUT2D eigenvalue weighted by Crippen LogP contribution is 2.24. The zero-order chi connectivity index (χ0) is 20.1. The number of halogens is 1. The van der Waals surface area contributed by atoms with Gasteiger partial charge in [0.05, 0.1) is 7.11 Å². The van der Waals surface area contributed by atoms with Crippen molar-refractivity contribution in [3.63, 3.8) is 0 Å². The predicted octanol–water partition coefficient (Wildman–Crippen LogP) is 3.28. The number of carbonyl (C=O) groups is 1. The SMILES string of the molecule is COc1ccc2c(C)c(CCC(=O)NCC(N)c3ccccc3)c(=O)oc2c1.Cl. The van der Waals surface area contributed by atoms with E-state index in [1.54, 1.807) is 13.2 Å². The molecule has 0 saturated heterocycles. The quantitative estimate of drug-likeness (QED) is 0.576. The van der Waals surface area contributed by atoms with E-state index >= 15 is 0 Å². The third kappa shape index (κ3) is 5.37. The number of hydrogen-bond donors (Lipinski definition) is 2. The summed E-state index contributed by atoms with van der Waals surface area (Å²) in [5.41, 5.74) is 8.44. The first-order valence-corrected chi connectivity index (χ1v) is 9.17. The average molecular weight is 417 g/mol. The van der Waals surface area contributed by atoms with Gasteiger partial charge >= 0.3 is 5.63 Å². The topological polar surface area (TPSA) is 94.6 Å². The van der Waals surface area contributed by atoms with E-state index in [1.807, 2.05) is 49.4 Å². The van der Waals surface area contributed by atoms with Crippen molar-refractivity contribution in [2.24, 2.45) is 5.73 Å². The van der Waals surface area contributed by atoms with Crippen LogP contribution in [0.2, 0.25) is 0 Å². The Hall–Kier alpha value is -2.83. The van der Waals surface area contributed by atoms with Crippen molar-refractivity contribution < 1.29 is 13.9 Å². The minimum atomic E-state index is -0.424. The maximum Gasteiger partial charge on any atom is 0.339 e. The van der Waals surface area contributed by atoms with Crippen molar-refractivity contribution in [2.45, 2.75) is 25.8 Å². The first-order valence-electron chi connectivity index (χ1n) is 9.17. The molecule has 0 bridgehead atoms. The van der Waals surface area contributed by atoms with E-state index in [4.69, 9.17) is 14.9 Å². The van der Waals surface area contributed by atoms with E-state index in [-0.39, 0.29) is 30.8 Å². The van der Waals surface area contributed by atoms with Gasteiger partial charge in [-0.15, -0.1) is 12.4 Å². The monoisotopic (exact) mass is 416 g/mol. The fraction of sp³-hybridized carbons (Fsp3) is 0.273. The molecule has 0 aliphatic rings. The molecule has 29 heavy (non-hydrogen) atoms. The van der Waals surface area contributed by atoms with Crippen molar-refractivity contribution in [1.29, 1.82) is 0 Å². The molecule has 7 heteroatoms. The largest absolute Gasteiger partial charge is 0.497 e. The van der Waals surface area contributed by atoms with Gasteiger partial charge < -0.3 is 20.2 Å². The van der Waals surface area contributed by atoms with Gasteiger partial charge in [-0.05, 0) is 36.6 Å². The molecule has 1 amide bonds. The molecule has 3 rings (SSSR count). The van der Waals surface area contributed by atoms with Crippen molar-refractivity contribution in [2.75, 3.05) is 13.7 Å². The lowest BCUT2D eigenvalue weighted by Gasteiger charge is -2.13. The van der Waals surface area contributed by atoms with E-state index in [0.29, 0.717) is 29.9 Å². The maximum absolute atomic E-state index is 12.4. The first kappa shape index (κ1) is 22.5. The van der Waals surface area contributed by atoms with Crippen molar-refractivity contribution in [3.8, 4) is 5.75 Å². The average Bonchev–Trinajstić information content (AvgIpc) is 2.71. The smallest absolute Gasteiger partial charge is 0.339 e. The number of fused-ring (bicyclic) bond motifs is 1. The number of ether oxygens (including phenoxy) is 1. The molecule has 1 aromatic heterocycles. The molecule has 0 spiro atoms. The second kappa shape index (κ2) is 10.1. The first-order chi connectivity index (χ1) is 13.5. The van der Waals surface area contributed by atoms with E-state index in [0.717, 1.165) is 16.5 Å². The summed E-state index contributed by atoms with van der Waals surface area (Å²) in [5, 5.41) is 3.66. The molecule has 2 aromatic carbocycles. The minimum Gasteiger partial charge on any atom is -0.497 e. The molecule has 154 valence electrons. The van der Waals surface area contributed by atoms with Crippen LogP contribution in [0.25, 0.3) is 11.0 Å². The summed E-state index contributed by atoms with van der Waals surface area (Å²) in [6, 6.07) is 14.7. The molecule has 0 saturated carbocycles. The van der Waals surface area contributed by atoms with Crippen LogP contribution in [0.4, 0.5) is 0 Å². The molecule has 0 aliphatic heterocycles. The van der Waals surface area contributed by atoms with E-state index in [1.165, 1.54) is 0 Å². The highest BCUT2D eigenvalue weighted by Gasteiger charge is 2.14. The molecule has 3 N–H and O–H groups in total. The molecule has 0 aliphatic carbocycles. The number of nitrogens with two attached hydrogens (primary N) is 1. The standard InChI is InChI=1S/C22H24N2O4.ClH/c1-14-17-9-8-16(27-2)12-20(17)28-22(26)18(14)10-11-21(25)24-13-19(23)15-6-4-3-5-7-15;/h3-9,12,19H,10-11,13,23H2,1-2H3,(H,24,25);1H. The summed E-state index contributed by atoms with van der Waals surface area (Å²) < 4.78 is 10.6. The van der Waals surface area contributed by atoms with Gasteiger partial charge in [-0.2, -0.15) is 0 Å². The molecule has 3 aromatic rings. The Morgan fingerprint density at radius 3 is 2.62 bits per heavy atom. The van der Waals surface area contributed by atoms with Gasteiger partial charge in [0.25, 0.3) is 0 Å². The Labute approximate surface area is 175 Å². The van der Waals surface area contributed by atoms with Crippen LogP contribution in [0.5, 0.6) is 5.75 Å². The highest BCUT2D eigenvalue weighted by molar-refractivity contribution is 5.85. The van der Waals surface area contributed by atoms with Crippen molar-refractivity contribution in [1.82, 2.24) is 5.32 Å². The second-order valence-corrected chi connectivity index (χ2v) is 6.68. The zero-order valence-electron chi connectivity index (χ0n) is 16.4. The number of aryl methyl sites for hydroxylation is 1. The summed E-state index contributed by atoms with van der Waals surface area (Å²) in [7, 11) is 1.56. The minimum absolute atomic E-state index is 0. The Morgan fingerprint density at radius 1 is 1.21 bits per heavy atom. The molecular weight excluding hydrogens is 392 g/mol. The number of amides is 1. The highest BCUT2D eigenvalue weighted by atomic mass is 35.5. The van der Waals surface area contributed by atoms with Gasteiger partial charge in [0, 0.05) is 36.0 Å². The lowest BCUT2D eigenvalue weighted by atomic mass is 10.0. The van der Waals surface area contributed by atoms with Gasteiger partial charge in [-0.3, -0.25) is 4.79 Å². The fourth-order valence-electron chi connectivity index (χ4n) is 3.16. The van der Waals surface area contributed by atoms with Crippen LogP contribution in [0, 0.1) is 6.92 Å². The second-order valence-electron chi connectivity index (χ2n) is 6.68. The Kier molecular flexibility index (Phi) is 7.82. The molecular formula is C22H25ClN2O4. The van der Waals surface area contributed by atoms with Crippen LogP contribution >= 0.6 is 12.4 Å². The lowest BCUT2D eigenvalue weighted by Crippen LogP contribution is -2.32. The predicted molar refractivity (Wildman–Crippen MR) is 116 cm³/mol. The van der Waals surface area contributed by atoms with E-state index < -0.39 is 5.63 Å². The molecule has 0 radical (unpaired) electrons. The van der Waals surface area contributed by atoms with E-state index in [2.05, 4.69) is 5.32 Å². The Bertz CT molecular complexity index is 1030. The maximum atomic E-state index is 12.4. The lowest BCUT2D eigenvalue weighted by molar-refractivity contribution is -0.121. The molecule has 0 fully saturated rings. The third-order valence-corrected chi connectivity index (χ3v) is 4.84. The van der Waals surface area contributed by atoms with Crippen LogP contribution in [-0.2, 0) is 11.2 Å². The van der Waals surface area contributed by atoms with Crippen LogP contribution in [-0.4, -0.2) is 19.6 Å². The Balaban J connectivity index is 0.00000300. The van der Waals surface area contributed by atoms with Crippen LogP contribution in [0.1, 0.15) is 29.2 Å². The van der Waals surface area contributed by atoms with Gasteiger partial charge in [-0.25, -0.2) is 4.79 Å². The summed E-state index contributed by atoms with van der Waals surface area (Å²) in [4.78, 5) is 24.6. The van der Waals surface area contributed by atoms with Crippen molar-refractivity contribution in [3.05, 3.63) is 75.6 Å². The molecule has 6 nitrogen and oxygen atoms in total. The van der Waals surface area contributed by atoms with Crippen molar-refractivity contribution >= 4 is 29.3 Å². The summed E-state index contributed by atoms with van der Waals surface area (Å²) >= 11 is 0. The van der Waals surface area contributed by atoms with Crippen LogP contribution in [0.3, 0.4) is 0 Å². The summed E-state index contributed by atoms with van der Waals surface area (Å²) in [6.07, 6.45) is 0.497. The van der Waals surface area contributed by atoms with E-state index in [9.17, 15) is 9.59 Å². The fourth-order valence-corrected chi connectivity index (χ4v) is 3.16. The number of methoxy groups -OCH3 is 1. The van der Waals surface area contributed by atoms with Gasteiger partial charge in [-0.1, -0.05) is 30.3 Å². The number of carbonyl (C=O) groups excluding carboxylic acids is 1. The zero-order valence-corrected chi connectivity index (χ0v) is 17.3. The van der Waals surface area contributed by atoms with Gasteiger partial charge in [0.2, 0.25) is 5.91 Å². The van der Waals surface area contributed by atoms with Crippen LogP contribution in [0.15, 0.2) is 57.7 Å². The molecule has 1 atom stereocenters.